The van der Waals surface area contributed by atoms with Crippen molar-refractivity contribution in [1.82, 2.24) is 0 Å². The van der Waals surface area contributed by atoms with Crippen LogP contribution < -0.4 is 4.90 Å². The number of ether oxygens (including phenoxy) is 1. The summed E-state index contributed by atoms with van der Waals surface area (Å²) in [5, 5.41) is 0.446. The van der Waals surface area contributed by atoms with Gasteiger partial charge in [-0.1, -0.05) is 6.42 Å². The molecule has 2 aliphatic rings. The Morgan fingerprint density at radius 2 is 2.07 bits per heavy atom. The van der Waals surface area contributed by atoms with Crippen LogP contribution in [0.25, 0.3) is 0 Å². The standard InChI is InChI=1S/C12H22ClNO/c1-15-9-8-14-7-6-11(13)10-4-2-3-5-12(10)14/h10-12H,2-9H2,1H3/p+1/t10-,11-,12+/m1/s1. The molecule has 88 valence electrons. The number of rotatable bonds is 3. The zero-order valence-electron chi connectivity index (χ0n) is 9.68. The third-order valence-corrected chi connectivity index (χ3v) is 4.72. The molecule has 1 N–H and O–H groups in total. The van der Waals surface area contributed by atoms with Gasteiger partial charge in [-0.2, -0.15) is 0 Å². The Morgan fingerprint density at radius 1 is 1.27 bits per heavy atom. The number of quaternary nitrogens is 1. The number of piperidine rings is 1. The molecule has 0 bridgehead atoms. The highest BCUT2D eigenvalue weighted by Gasteiger charge is 2.41. The van der Waals surface area contributed by atoms with Crippen LogP contribution in [-0.4, -0.2) is 38.2 Å². The highest BCUT2D eigenvalue weighted by Crippen LogP contribution is 2.31. The van der Waals surface area contributed by atoms with E-state index in [2.05, 4.69) is 0 Å². The first kappa shape index (κ1) is 11.7. The summed E-state index contributed by atoms with van der Waals surface area (Å²) in [5.41, 5.74) is 0. The summed E-state index contributed by atoms with van der Waals surface area (Å²) in [6.45, 7) is 3.31. The van der Waals surface area contributed by atoms with Crippen molar-refractivity contribution in [2.24, 2.45) is 5.92 Å². The van der Waals surface area contributed by atoms with Gasteiger partial charge in [-0.25, -0.2) is 0 Å². The minimum atomic E-state index is 0.446. The van der Waals surface area contributed by atoms with E-state index in [0.717, 1.165) is 18.6 Å². The Balaban J connectivity index is 1.94. The smallest absolute Gasteiger partial charge is 0.101 e. The number of hydrogen-bond donors (Lipinski definition) is 1. The molecule has 1 saturated carbocycles. The van der Waals surface area contributed by atoms with Crippen LogP contribution in [0.15, 0.2) is 0 Å². The molecule has 1 aliphatic carbocycles. The molecule has 15 heavy (non-hydrogen) atoms. The second-order valence-corrected chi connectivity index (χ2v) is 5.57. The molecule has 3 heteroatoms. The molecule has 1 saturated heterocycles. The lowest BCUT2D eigenvalue weighted by Crippen LogP contribution is -3.18. The van der Waals surface area contributed by atoms with E-state index in [1.807, 2.05) is 0 Å². The Hall–Kier alpha value is 0.210. The second-order valence-electron chi connectivity index (χ2n) is 5.01. The van der Waals surface area contributed by atoms with Gasteiger partial charge in [0, 0.05) is 24.8 Å². The summed E-state index contributed by atoms with van der Waals surface area (Å²) in [7, 11) is 1.80. The summed E-state index contributed by atoms with van der Waals surface area (Å²) in [5.74, 6) is 0.779. The molecule has 0 aromatic carbocycles. The Morgan fingerprint density at radius 3 is 2.87 bits per heavy atom. The largest absolute Gasteiger partial charge is 0.379 e. The molecule has 0 aromatic heterocycles. The van der Waals surface area contributed by atoms with Crippen LogP contribution in [0.2, 0.25) is 0 Å². The third kappa shape index (κ3) is 2.66. The first-order chi connectivity index (χ1) is 7.33. The van der Waals surface area contributed by atoms with Crippen molar-refractivity contribution >= 4 is 11.6 Å². The van der Waals surface area contributed by atoms with Gasteiger partial charge in [0.15, 0.2) is 0 Å². The quantitative estimate of drug-likeness (QED) is 0.720. The number of halogens is 1. The molecule has 2 nitrogen and oxygen atoms in total. The summed E-state index contributed by atoms with van der Waals surface area (Å²) in [6, 6.07) is 0.824. The number of alkyl halides is 1. The zero-order chi connectivity index (χ0) is 10.7. The Labute approximate surface area is 97.9 Å². The highest BCUT2D eigenvalue weighted by atomic mass is 35.5. The number of likely N-dealkylation sites (tertiary alicyclic amines) is 1. The molecular formula is C12H23ClNO+. The number of fused-ring (bicyclic) bond motifs is 1. The van der Waals surface area contributed by atoms with Crippen molar-refractivity contribution in [3.63, 3.8) is 0 Å². The van der Waals surface area contributed by atoms with Crippen LogP contribution in [0.1, 0.15) is 32.1 Å². The van der Waals surface area contributed by atoms with Crippen molar-refractivity contribution in [2.45, 2.75) is 43.5 Å². The summed E-state index contributed by atoms with van der Waals surface area (Å²) < 4.78 is 5.20. The lowest BCUT2D eigenvalue weighted by atomic mass is 9.78. The topological polar surface area (TPSA) is 13.7 Å². The van der Waals surface area contributed by atoms with Gasteiger partial charge in [-0.05, 0) is 19.3 Å². The van der Waals surface area contributed by atoms with E-state index in [1.54, 1.807) is 12.0 Å². The molecule has 1 aliphatic heterocycles. The average Bonchev–Trinajstić information content (AvgIpc) is 2.29. The SMILES string of the molecule is COCC[NH+]1CC[C@@H](Cl)[C@H]2CCCC[C@@H]21. The van der Waals surface area contributed by atoms with Gasteiger partial charge in [0.1, 0.15) is 6.54 Å². The lowest BCUT2D eigenvalue weighted by Gasteiger charge is -2.43. The van der Waals surface area contributed by atoms with E-state index in [4.69, 9.17) is 16.3 Å². The molecule has 1 unspecified atom stereocenters. The fourth-order valence-corrected chi connectivity index (χ4v) is 3.78. The fraction of sp³-hybridized carbons (Fsp3) is 1.00. The van der Waals surface area contributed by atoms with E-state index in [-0.39, 0.29) is 0 Å². The fourth-order valence-electron chi connectivity index (χ4n) is 3.37. The predicted molar refractivity (Wildman–Crippen MR) is 62.6 cm³/mol. The molecule has 2 rings (SSSR count). The molecule has 0 radical (unpaired) electrons. The molecule has 1 heterocycles. The van der Waals surface area contributed by atoms with Crippen LogP contribution in [0.4, 0.5) is 0 Å². The first-order valence-electron chi connectivity index (χ1n) is 6.30. The molecule has 2 fully saturated rings. The molecular weight excluding hydrogens is 210 g/mol. The van der Waals surface area contributed by atoms with Gasteiger partial charge in [0.05, 0.1) is 19.2 Å². The minimum Gasteiger partial charge on any atom is -0.379 e. The molecule has 0 spiro atoms. The number of nitrogens with one attached hydrogen (secondary N) is 1. The zero-order valence-corrected chi connectivity index (χ0v) is 10.4. The Kier molecular flexibility index (Phi) is 4.30. The number of methoxy groups -OCH3 is 1. The molecule has 0 amide bonds. The lowest BCUT2D eigenvalue weighted by molar-refractivity contribution is -0.936. The molecule has 0 aromatic rings. The van der Waals surface area contributed by atoms with Crippen LogP contribution in [0.5, 0.6) is 0 Å². The van der Waals surface area contributed by atoms with Crippen molar-refractivity contribution in [3.8, 4) is 0 Å². The van der Waals surface area contributed by atoms with Crippen molar-refractivity contribution in [1.29, 1.82) is 0 Å². The molecule has 4 atom stereocenters. The van der Waals surface area contributed by atoms with Crippen molar-refractivity contribution < 1.29 is 9.64 Å². The van der Waals surface area contributed by atoms with Crippen LogP contribution >= 0.6 is 11.6 Å². The number of hydrogen-bond acceptors (Lipinski definition) is 1. The van der Waals surface area contributed by atoms with E-state index in [9.17, 15) is 0 Å². The monoisotopic (exact) mass is 232 g/mol. The van der Waals surface area contributed by atoms with Gasteiger partial charge in [-0.15, -0.1) is 11.6 Å². The van der Waals surface area contributed by atoms with E-state index < -0.39 is 0 Å². The van der Waals surface area contributed by atoms with E-state index >= 15 is 0 Å². The van der Waals surface area contributed by atoms with Crippen LogP contribution in [-0.2, 0) is 4.74 Å². The maximum Gasteiger partial charge on any atom is 0.101 e. The second kappa shape index (κ2) is 5.51. The van der Waals surface area contributed by atoms with E-state index in [0.29, 0.717) is 5.38 Å². The normalized spacial score (nSPS) is 41.2. The first-order valence-corrected chi connectivity index (χ1v) is 6.74. The van der Waals surface area contributed by atoms with Gasteiger partial charge >= 0.3 is 0 Å². The van der Waals surface area contributed by atoms with Crippen LogP contribution in [0, 0.1) is 5.92 Å². The maximum atomic E-state index is 6.44. The summed E-state index contributed by atoms with van der Waals surface area (Å²) >= 11 is 6.44. The van der Waals surface area contributed by atoms with E-state index in [1.165, 1.54) is 45.2 Å². The minimum absolute atomic E-state index is 0.446. The Bertz CT molecular complexity index is 198. The van der Waals surface area contributed by atoms with Gasteiger partial charge in [0.2, 0.25) is 0 Å². The average molecular weight is 233 g/mol. The van der Waals surface area contributed by atoms with Crippen LogP contribution in [0.3, 0.4) is 0 Å². The highest BCUT2D eigenvalue weighted by molar-refractivity contribution is 6.20. The third-order valence-electron chi connectivity index (χ3n) is 4.18. The van der Waals surface area contributed by atoms with Gasteiger partial charge in [-0.3, -0.25) is 0 Å². The van der Waals surface area contributed by atoms with Gasteiger partial charge in [0.25, 0.3) is 0 Å². The predicted octanol–water partition coefficient (Wildman–Crippen LogP) is 1.09. The van der Waals surface area contributed by atoms with Crippen molar-refractivity contribution in [3.05, 3.63) is 0 Å². The van der Waals surface area contributed by atoms with Gasteiger partial charge < -0.3 is 9.64 Å². The summed E-state index contributed by atoms with van der Waals surface area (Å²) in [6.07, 6.45) is 6.73. The summed E-state index contributed by atoms with van der Waals surface area (Å²) in [4.78, 5) is 1.75. The maximum absolute atomic E-state index is 6.44. The van der Waals surface area contributed by atoms with Crippen molar-refractivity contribution in [2.75, 3.05) is 26.8 Å².